The van der Waals surface area contributed by atoms with Crippen LogP contribution in [0.1, 0.15) is 31.4 Å². The van der Waals surface area contributed by atoms with Crippen LogP contribution in [-0.2, 0) is 0 Å². The topological polar surface area (TPSA) is 35.5 Å². The molecule has 2 atom stereocenters. The van der Waals surface area contributed by atoms with E-state index in [0.717, 1.165) is 45.1 Å². The third-order valence-electron chi connectivity index (χ3n) is 4.10. The number of likely N-dealkylation sites (tertiary alicyclic amines) is 1. The highest BCUT2D eigenvalue weighted by Crippen LogP contribution is 2.22. The van der Waals surface area contributed by atoms with Crippen molar-refractivity contribution in [2.75, 3.05) is 32.8 Å². The van der Waals surface area contributed by atoms with Gasteiger partial charge in [-0.25, -0.2) is 8.78 Å². The second kappa shape index (κ2) is 7.82. The van der Waals surface area contributed by atoms with Gasteiger partial charge >= 0.3 is 0 Å². The number of nitrogens with one attached hydrogen (secondary N) is 1. The lowest BCUT2D eigenvalue weighted by molar-refractivity contribution is 0.219. The molecule has 1 fully saturated rings. The fourth-order valence-electron chi connectivity index (χ4n) is 2.99. The first kappa shape index (κ1) is 16.3. The first-order chi connectivity index (χ1) is 10.1. The van der Waals surface area contributed by atoms with Gasteiger partial charge in [-0.05, 0) is 56.1 Å². The molecule has 3 nitrogen and oxygen atoms in total. The molecule has 0 aliphatic carbocycles. The fourth-order valence-corrected chi connectivity index (χ4v) is 2.99. The number of aliphatic hydroxyl groups is 1. The van der Waals surface area contributed by atoms with Crippen molar-refractivity contribution < 1.29 is 13.9 Å². The molecule has 1 aliphatic heterocycles. The Morgan fingerprint density at radius 3 is 2.62 bits per heavy atom. The zero-order valence-electron chi connectivity index (χ0n) is 12.5. The first-order valence-corrected chi connectivity index (χ1v) is 7.65. The third kappa shape index (κ3) is 4.73. The fraction of sp³-hybridized carbons (Fsp3) is 0.625. The molecule has 2 unspecified atom stereocenters. The standard InChI is InChI=1S/C16H24F2N2O/c1-2-19-16(13-7-14(17)9-15(18)8-13)4-6-20-5-3-12(10-20)11-21/h7-9,12,16,19,21H,2-6,10-11H2,1H3. The number of nitrogens with zero attached hydrogens (tertiary/aromatic N) is 1. The highest BCUT2D eigenvalue weighted by molar-refractivity contribution is 5.21. The second-order valence-electron chi connectivity index (χ2n) is 5.74. The van der Waals surface area contributed by atoms with E-state index in [0.29, 0.717) is 11.5 Å². The molecule has 1 heterocycles. The van der Waals surface area contributed by atoms with Crippen LogP contribution in [-0.4, -0.2) is 42.8 Å². The maximum atomic E-state index is 13.4. The molecule has 0 radical (unpaired) electrons. The maximum absolute atomic E-state index is 13.4. The van der Waals surface area contributed by atoms with E-state index in [2.05, 4.69) is 10.2 Å². The molecule has 118 valence electrons. The summed E-state index contributed by atoms with van der Waals surface area (Å²) < 4.78 is 26.7. The predicted octanol–water partition coefficient (Wildman–Crippen LogP) is 2.32. The zero-order valence-corrected chi connectivity index (χ0v) is 12.5. The molecule has 21 heavy (non-hydrogen) atoms. The maximum Gasteiger partial charge on any atom is 0.126 e. The van der Waals surface area contributed by atoms with Crippen molar-refractivity contribution in [2.45, 2.75) is 25.8 Å². The summed E-state index contributed by atoms with van der Waals surface area (Å²) in [6.45, 7) is 5.74. The van der Waals surface area contributed by atoms with Crippen molar-refractivity contribution in [1.29, 1.82) is 0 Å². The van der Waals surface area contributed by atoms with Crippen molar-refractivity contribution in [3.8, 4) is 0 Å². The van der Waals surface area contributed by atoms with Crippen molar-refractivity contribution in [2.24, 2.45) is 5.92 Å². The molecule has 0 spiro atoms. The summed E-state index contributed by atoms with van der Waals surface area (Å²) in [4.78, 5) is 2.31. The van der Waals surface area contributed by atoms with E-state index in [4.69, 9.17) is 5.11 Å². The summed E-state index contributed by atoms with van der Waals surface area (Å²) in [5.74, 6) is -0.696. The van der Waals surface area contributed by atoms with Crippen LogP contribution < -0.4 is 5.32 Å². The summed E-state index contributed by atoms with van der Waals surface area (Å²) in [5.41, 5.74) is 0.659. The molecule has 0 saturated carbocycles. The minimum absolute atomic E-state index is 0.0478. The molecule has 2 N–H and O–H groups in total. The lowest BCUT2D eigenvalue weighted by Crippen LogP contribution is -2.28. The van der Waals surface area contributed by atoms with Crippen molar-refractivity contribution in [3.05, 3.63) is 35.4 Å². The van der Waals surface area contributed by atoms with Crippen LogP contribution in [0.3, 0.4) is 0 Å². The Bertz CT molecular complexity index is 436. The van der Waals surface area contributed by atoms with E-state index in [1.165, 1.54) is 12.1 Å². The summed E-state index contributed by atoms with van der Waals surface area (Å²) in [6.07, 6.45) is 1.83. The number of hydrogen-bond donors (Lipinski definition) is 2. The predicted molar refractivity (Wildman–Crippen MR) is 79.0 cm³/mol. The Kier molecular flexibility index (Phi) is 6.08. The quantitative estimate of drug-likeness (QED) is 0.811. The van der Waals surface area contributed by atoms with E-state index >= 15 is 0 Å². The molecular formula is C16H24F2N2O. The van der Waals surface area contributed by atoms with Gasteiger partial charge in [-0.2, -0.15) is 0 Å². The number of halogens is 2. The second-order valence-corrected chi connectivity index (χ2v) is 5.74. The van der Waals surface area contributed by atoms with Gasteiger partial charge in [0.15, 0.2) is 0 Å². The minimum atomic E-state index is -0.533. The van der Waals surface area contributed by atoms with Crippen LogP contribution in [0.25, 0.3) is 0 Å². The van der Waals surface area contributed by atoms with Crippen LogP contribution in [0.5, 0.6) is 0 Å². The molecular weight excluding hydrogens is 274 g/mol. The van der Waals surface area contributed by atoms with Gasteiger partial charge in [0.05, 0.1) is 0 Å². The van der Waals surface area contributed by atoms with E-state index in [-0.39, 0.29) is 12.6 Å². The molecule has 1 aromatic rings. The summed E-state index contributed by atoms with van der Waals surface area (Å²) in [7, 11) is 0. The van der Waals surface area contributed by atoms with Gasteiger partial charge in [-0.15, -0.1) is 0 Å². The largest absolute Gasteiger partial charge is 0.396 e. The van der Waals surface area contributed by atoms with Gasteiger partial charge < -0.3 is 15.3 Å². The molecule has 1 aliphatic rings. The van der Waals surface area contributed by atoms with E-state index in [1.54, 1.807) is 0 Å². The lowest BCUT2D eigenvalue weighted by atomic mass is 10.0. The SMILES string of the molecule is CCNC(CCN1CCC(CO)C1)c1cc(F)cc(F)c1. The minimum Gasteiger partial charge on any atom is -0.396 e. The lowest BCUT2D eigenvalue weighted by Gasteiger charge is -2.22. The van der Waals surface area contributed by atoms with Crippen LogP contribution >= 0.6 is 0 Å². The Morgan fingerprint density at radius 1 is 1.33 bits per heavy atom. The normalized spacial score (nSPS) is 20.9. The molecule has 0 bridgehead atoms. The first-order valence-electron chi connectivity index (χ1n) is 7.65. The van der Waals surface area contributed by atoms with Gasteiger partial charge in [0.1, 0.15) is 11.6 Å². The van der Waals surface area contributed by atoms with Crippen molar-refractivity contribution in [3.63, 3.8) is 0 Å². The van der Waals surface area contributed by atoms with Crippen LogP contribution in [0.2, 0.25) is 0 Å². The Labute approximate surface area is 125 Å². The van der Waals surface area contributed by atoms with Gasteiger partial charge in [-0.3, -0.25) is 0 Å². The Morgan fingerprint density at radius 2 is 2.05 bits per heavy atom. The van der Waals surface area contributed by atoms with Gasteiger partial charge in [-0.1, -0.05) is 6.92 Å². The van der Waals surface area contributed by atoms with E-state index < -0.39 is 11.6 Å². The molecule has 5 heteroatoms. The Hall–Kier alpha value is -1.04. The smallest absolute Gasteiger partial charge is 0.126 e. The average molecular weight is 298 g/mol. The molecule has 0 amide bonds. The van der Waals surface area contributed by atoms with Gasteiger partial charge in [0.25, 0.3) is 0 Å². The van der Waals surface area contributed by atoms with Crippen LogP contribution in [0.4, 0.5) is 8.78 Å². The Balaban J connectivity index is 1.95. The van der Waals surface area contributed by atoms with Gasteiger partial charge in [0.2, 0.25) is 0 Å². The van der Waals surface area contributed by atoms with E-state index in [9.17, 15) is 8.78 Å². The monoisotopic (exact) mass is 298 g/mol. The third-order valence-corrected chi connectivity index (χ3v) is 4.10. The molecule has 1 aromatic carbocycles. The van der Waals surface area contributed by atoms with Crippen LogP contribution in [0.15, 0.2) is 18.2 Å². The molecule has 2 rings (SSSR count). The molecule has 1 saturated heterocycles. The number of rotatable bonds is 7. The zero-order chi connectivity index (χ0) is 15.2. The average Bonchev–Trinajstić information content (AvgIpc) is 2.90. The van der Waals surface area contributed by atoms with Crippen molar-refractivity contribution in [1.82, 2.24) is 10.2 Å². The molecule has 0 aromatic heterocycles. The van der Waals surface area contributed by atoms with Gasteiger partial charge in [0, 0.05) is 25.3 Å². The van der Waals surface area contributed by atoms with Crippen molar-refractivity contribution >= 4 is 0 Å². The number of benzene rings is 1. The highest BCUT2D eigenvalue weighted by atomic mass is 19.1. The summed E-state index contributed by atoms with van der Waals surface area (Å²) in [5, 5.41) is 12.5. The van der Waals surface area contributed by atoms with Crippen LogP contribution in [0, 0.1) is 17.6 Å². The van der Waals surface area contributed by atoms with E-state index in [1.807, 2.05) is 6.92 Å². The number of hydrogen-bond acceptors (Lipinski definition) is 3. The number of aliphatic hydroxyl groups excluding tert-OH is 1. The summed E-state index contributed by atoms with van der Waals surface area (Å²) >= 11 is 0. The highest BCUT2D eigenvalue weighted by Gasteiger charge is 2.22. The summed E-state index contributed by atoms with van der Waals surface area (Å²) in [6, 6.07) is 3.65.